The monoisotopic (exact) mass is 361 g/mol. The number of aliphatic imine (C=N–C) groups is 1. The van der Waals surface area contributed by atoms with Crippen LogP contribution >= 0.6 is 27.5 Å². The minimum Gasteiger partial charge on any atom is -0.287 e. The van der Waals surface area contributed by atoms with Gasteiger partial charge in [0.05, 0.1) is 28.2 Å². The lowest BCUT2D eigenvalue weighted by atomic mass is 10.1. The van der Waals surface area contributed by atoms with Crippen LogP contribution in [0.3, 0.4) is 0 Å². The summed E-state index contributed by atoms with van der Waals surface area (Å²) >= 11 is 9.34. The fourth-order valence-electron chi connectivity index (χ4n) is 1.91. The van der Waals surface area contributed by atoms with Crippen LogP contribution in [-0.4, -0.2) is 17.7 Å². The van der Waals surface area contributed by atoms with Crippen molar-refractivity contribution < 1.29 is 4.79 Å². The van der Waals surface area contributed by atoms with Gasteiger partial charge in [-0.3, -0.25) is 10.2 Å². The van der Waals surface area contributed by atoms with Gasteiger partial charge >= 0.3 is 0 Å². The third kappa shape index (κ3) is 2.89. The second kappa shape index (κ2) is 5.79. The summed E-state index contributed by atoms with van der Waals surface area (Å²) in [7, 11) is 0. The number of halogens is 2. The molecule has 0 spiro atoms. The second-order valence-corrected chi connectivity index (χ2v) is 5.66. The van der Waals surface area contributed by atoms with Crippen LogP contribution in [0.15, 0.2) is 57.0 Å². The Bertz CT molecular complexity index is 786. The summed E-state index contributed by atoms with van der Waals surface area (Å²) in [6.45, 7) is 0. The summed E-state index contributed by atoms with van der Waals surface area (Å²) < 4.78 is 0.845. The number of benzene rings is 2. The van der Waals surface area contributed by atoms with Crippen LogP contribution in [0.4, 0.5) is 11.4 Å². The molecule has 3 rings (SSSR count). The van der Waals surface area contributed by atoms with Gasteiger partial charge in [0, 0.05) is 4.47 Å². The SMILES string of the molecule is O=C1C(C=NNc2ccccc2Cl)=Nc2ccc(Br)cc21. The number of Topliss-reactive ketones (excluding diaryl/α,β-unsaturated/α-hetero) is 1. The molecule has 104 valence electrons. The predicted molar refractivity (Wildman–Crippen MR) is 89.1 cm³/mol. The molecular formula is C15H9BrClN3O. The highest BCUT2D eigenvalue weighted by molar-refractivity contribution is 9.10. The van der Waals surface area contributed by atoms with E-state index in [0.29, 0.717) is 27.7 Å². The first-order chi connectivity index (χ1) is 10.1. The molecule has 4 nitrogen and oxygen atoms in total. The average Bonchev–Trinajstić information content (AvgIpc) is 2.78. The van der Waals surface area contributed by atoms with E-state index in [-0.39, 0.29) is 5.78 Å². The van der Waals surface area contributed by atoms with Gasteiger partial charge in [-0.1, -0.05) is 39.7 Å². The molecule has 0 aromatic heterocycles. The molecule has 0 fully saturated rings. The van der Waals surface area contributed by atoms with E-state index >= 15 is 0 Å². The highest BCUT2D eigenvalue weighted by atomic mass is 79.9. The van der Waals surface area contributed by atoms with Crippen molar-refractivity contribution in [1.29, 1.82) is 0 Å². The first-order valence-corrected chi connectivity index (χ1v) is 7.29. The Kier molecular flexibility index (Phi) is 3.86. The summed E-state index contributed by atoms with van der Waals surface area (Å²) in [5.41, 5.74) is 4.98. The maximum absolute atomic E-state index is 12.2. The quantitative estimate of drug-likeness (QED) is 0.647. The maximum Gasteiger partial charge on any atom is 0.215 e. The number of carbonyl (C=O) groups excluding carboxylic acids is 1. The maximum atomic E-state index is 12.2. The fourth-order valence-corrected chi connectivity index (χ4v) is 2.45. The molecule has 1 aliphatic rings. The molecule has 1 aliphatic heterocycles. The number of nitrogens with zero attached hydrogens (tertiary/aromatic N) is 2. The van der Waals surface area contributed by atoms with Gasteiger partial charge in [-0.05, 0) is 30.3 Å². The molecule has 6 heteroatoms. The van der Waals surface area contributed by atoms with Crippen molar-refractivity contribution in [3.05, 3.63) is 57.5 Å². The number of hydrogen-bond donors (Lipinski definition) is 1. The van der Waals surface area contributed by atoms with Gasteiger partial charge in [0.15, 0.2) is 0 Å². The number of hydrazone groups is 1. The molecule has 2 aromatic rings. The van der Waals surface area contributed by atoms with E-state index in [1.807, 2.05) is 18.2 Å². The minimum atomic E-state index is -0.143. The van der Waals surface area contributed by atoms with Gasteiger partial charge < -0.3 is 0 Å². The zero-order valence-electron chi connectivity index (χ0n) is 10.7. The Hall–Kier alpha value is -1.98. The van der Waals surface area contributed by atoms with Crippen LogP contribution in [0.2, 0.25) is 5.02 Å². The van der Waals surface area contributed by atoms with Crippen molar-refractivity contribution in [2.45, 2.75) is 0 Å². The highest BCUT2D eigenvalue weighted by Crippen LogP contribution is 2.29. The van der Waals surface area contributed by atoms with E-state index < -0.39 is 0 Å². The first-order valence-electron chi connectivity index (χ1n) is 6.12. The summed E-state index contributed by atoms with van der Waals surface area (Å²) in [6.07, 6.45) is 1.40. The van der Waals surface area contributed by atoms with Gasteiger partial charge in [0.1, 0.15) is 5.71 Å². The third-order valence-corrected chi connectivity index (χ3v) is 3.75. The standard InChI is InChI=1S/C15H9BrClN3O/c16-9-5-6-12-10(7-9)15(21)14(19-12)8-18-20-13-4-2-1-3-11(13)17/h1-8,20H. The largest absolute Gasteiger partial charge is 0.287 e. The topological polar surface area (TPSA) is 53.8 Å². The smallest absolute Gasteiger partial charge is 0.215 e. The lowest BCUT2D eigenvalue weighted by Gasteiger charge is -2.01. The number of hydrogen-bond acceptors (Lipinski definition) is 4. The zero-order valence-corrected chi connectivity index (χ0v) is 13.0. The Labute approximate surface area is 134 Å². The average molecular weight is 363 g/mol. The molecule has 1 heterocycles. The van der Waals surface area contributed by atoms with Gasteiger partial charge in [0.2, 0.25) is 5.78 Å². The van der Waals surface area contributed by atoms with E-state index in [9.17, 15) is 4.79 Å². The lowest BCUT2D eigenvalue weighted by Crippen LogP contribution is -2.11. The van der Waals surface area contributed by atoms with Crippen molar-refractivity contribution in [2.75, 3.05) is 5.43 Å². The van der Waals surface area contributed by atoms with E-state index in [1.54, 1.807) is 24.3 Å². The summed E-state index contributed by atoms with van der Waals surface area (Å²) in [6, 6.07) is 12.6. The number of anilines is 1. The molecular weight excluding hydrogens is 354 g/mol. The predicted octanol–water partition coefficient (Wildman–Crippen LogP) is 4.47. The van der Waals surface area contributed by atoms with Crippen molar-refractivity contribution in [3.63, 3.8) is 0 Å². The molecule has 0 saturated heterocycles. The van der Waals surface area contributed by atoms with Crippen LogP contribution in [0, 0.1) is 0 Å². The molecule has 0 saturated carbocycles. The molecule has 1 N–H and O–H groups in total. The van der Waals surface area contributed by atoms with E-state index in [0.717, 1.165) is 4.47 Å². The van der Waals surface area contributed by atoms with Gasteiger partial charge in [0.25, 0.3) is 0 Å². The lowest BCUT2D eigenvalue weighted by molar-refractivity contribution is 0.107. The highest BCUT2D eigenvalue weighted by Gasteiger charge is 2.23. The number of rotatable bonds is 3. The van der Waals surface area contributed by atoms with Crippen LogP contribution in [0.5, 0.6) is 0 Å². The normalized spacial score (nSPS) is 13.4. The molecule has 0 bridgehead atoms. The molecule has 0 aliphatic carbocycles. The fraction of sp³-hybridized carbons (Fsp3) is 0. The number of carbonyl (C=O) groups is 1. The van der Waals surface area contributed by atoms with Crippen LogP contribution in [0.25, 0.3) is 0 Å². The molecule has 0 unspecified atom stereocenters. The number of para-hydroxylation sites is 1. The van der Waals surface area contributed by atoms with E-state index in [4.69, 9.17) is 11.6 Å². The van der Waals surface area contributed by atoms with Crippen molar-refractivity contribution in [3.8, 4) is 0 Å². The Morgan fingerprint density at radius 1 is 1.24 bits per heavy atom. The molecule has 2 aromatic carbocycles. The summed E-state index contributed by atoms with van der Waals surface area (Å²) in [5, 5.41) is 4.57. The number of ketones is 1. The molecule has 0 atom stereocenters. The molecule has 0 amide bonds. The summed E-state index contributed by atoms with van der Waals surface area (Å²) in [4.78, 5) is 16.4. The van der Waals surface area contributed by atoms with Crippen LogP contribution < -0.4 is 5.43 Å². The Morgan fingerprint density at radius 3 is 2.86 bits per heavy atom. The van der Waals surface area contributed by atoms with Gasteiger partial charge in [-0.2, -0.15) is 5.10 Å². The van der Waals surface area contributed by atoms with Crippen molar-refractivity contribution in [2.24, 2.45) is 10.1 Å². The molecule has 21 heavy (non-hydrogen) atoms. The third-order valence-electron chi connectivity index (χ3n) is 2.92. The number of fused-ring (bicyclic) bond motifs is 1. The minimum absolute atomic E-state index is 0.143. The van der Waals surface area contributed by atoms with Crippen LogP contribution in [-0.2, 0) is 0 Å². The van der Waals surface area contributed by atoms with E-state index in [1.165, 1.54) is 6.21 Å². The first kappa shape index (κ1) is 14.0. The van der Waals surface area contributed by atoms with Crippen LogP contribution in [0.1, 0.15) is 10.4 Å². The molecule has 0 radical (unpaired) electrons. The zero-order chi connectivity index (χ0) is 14.8. The van der Waals surface area contributed by atoms with Gasteiger partial charge in [-0.15, -0.1) is 0 Å². The van der Waals surface area contributed by atoms with Crippen molar-refractivity contribution >= 4 is 56.6 Å². The Morgan fingerprint density at radius 2 is 2.05 bits per heavy atom. The number of nitrogens with one attached hydrogen (secondary N) is 1. The second-order valence-electron chi connectivity index (χ2n) is 4.34. The summed E-state index contributed by atoms with van der Waals surface area (Å²) in [5.74, 6) is -0.143. The van der Waals surface area contributed by atoms with Gasteiger partial charge in [-0.25, -0.2) is 4.99 Å². The van der Waals surface area contributed by atoms with E-state index in [2.05, 4.69) is 31.4 Å². The Balaban J connectivity index is 1.77. The van der Waals surface area contributed by atoms with Crippen molar-refractivity contribution in [1.82, 2.24) is 0 Å².